The van der Waals surface area contributed by atoms with Gasteiger partial charge in [-0.15, -0.1) is 0 Å². The van der Waals surface area contributed by atoms with E-state index < -0.39 is 0 Å². The van der Waals surface area contributed by atoms with E-state index in [0.29, 0.717) is 51.0 Å². The van der Waals surface area contributed by atoms with Gasteiger partial charge in [0.15, 0.2) is 5.76 Å². The summed E-state index contributed by atoms with van der Waals surface area (Å²) < 4.78 is 5.20. The van der Waals surface area contributed by atoms with E-state index in [4.69, 9.17) is 9.40 Å². The van der Waals surface area contributed by atoms with Crippen molar-refractivity contribution in [3.63, 3.8) is 0 Å². The topological polar surface area (TPSA) is 86.0 Å². The molecule has 0 unspecified atom stereocenters. The minimum Gasteiger partial charge on any atom is -0.459 e. The van der Waals surface area contributed by atoms with E-state index in [0.717, 1.165) is 25.3 Å². The Morgan fingerprint density at radius 2 is 1.74 bits per heavy atom. The summed E-state index contributed by atoms with van der Waals surface area (Å²) in [5, 5.41) is 0. The smallest absolute Gasteiger partial charge is 0.289 e. The van der Waals surface area contributed by atoms with Gasteiger partial charge >= 0.3 is 0 Å². The van der Waals surface area contributed by atoms with Crippen LogP contribution in [0.2, 0.25) is 0 Å². The number of hydrogen-bond donors (Lipinski definition) is 0. The molecule has 9 nitrogen and oxygen atoms in total. The van der Waals surface area contributed by atoms with Crippen LogP contribution >= 0.6 is 0 Å². The van der Waals surface area contributed by atoms with Gasteiger partial charge in [0.05, 0.1) is 6.26 Å². The van der Waals surface area contributed by atoms with Gasteiger partial charge in [-0.3, -0.25) is 9.59 Å². The third-order valence-corrected chi connectivity index (χ3v) is 5.00. The highest BCUT2D eigenvalue weighted by molar-refractivity contribution is 5.91. The molecule has 0 saturated carbocycles. The van der Waals surface area contributed by atoms with E-state index in [-0.39, 0.29) is 5.91 Å². The van der Waals surface area contributed by atoms with E-state index in [1.165, 1.54) is 6.26 Å². The zero-order valence-corrected chi connectivity index (χ0v) is 15.0. The quantitative estimate of drug-likeness (QED) is 0.716. The maximum Gasteiger partial charge on any atom is 0.289 e. The van der Waals surface area contributed by atoms with Crippen molar-refractivity contribution in [3.05, 3.63) is 36.4 Å². The Kier molecular flexibility index (Phi) is 4.91. The van der Waals surface area contributed by atoms with Crippen LogP contribution in [0.3, 0.4) is 0 Å². The fourth-order valence-electron chi connectivity index (χ4n) is 3.39. The van der Waals surface area contributed by atoms with Gasteiger partial charge in [0.2, 0.25) is 12.4 Å². The highest BCUT2D eigenvalue weighted by Crippen LogP contribution is 2.18. The molecule has 2 amide bonds. The fraction of sp³-hybridized carbons (Fsp3) is 0.444. The molecule has 2 aromatic heterocycles. The summed E-state index contributed by atoms with van der Waals surface area (Å²) >= 11 is 0. The number of carbonyl (C=O) groups is 2. The second-order valence-electron chi connectivity index (χ2n) is 6.60. The minimum atomic E-state index is -0.0811. The summed E-state index contributed by atoms with van der Waals surface area (Å²) in [6.07, 6.45) is 4.17. The van der Waals surface area contributed by atoms with Gasteiger partial charge in [0.1, 0.15) is 5.82 Å². The molecule has 0 atom stereocenters. The molecule has 9 heteroatoms. The number of rotatable bonds is 4. The van der Waals surface area contributed by atoms with Crippen molar-refractivity contribution in [2.75, 3.05) is 62.2 Å². The van der Waals surface area contributed by atoms with Gasteiger partial charge in [0, 0.05) is 58.6 Å². The van der Waals surface area contributed by atoms with Crippen LogP contribution in [-0.4, -0.2) is 84.4 Å². The summed E-state index contributed by atoms with van der Waals surface area (Å²) in [5.41, 5.74) is 0. The second kappa shape index (κ2) is 7.65. The largest absolute Gasteiger partial charge is 0.459 e. The monoisotopic (exact) mass is 370 g/mol. The Morgan fingerprint density at radius 1 is 1.00 bits per heavy atom. The number of nitrogens with zero attached hydrogens (tertiary/aromatic N) is 6. The third kappa shape index (κ3) is 3.71. The van der Waals surface area contributed by atoms with Crippen LogP contribution in [0.25, 0.3) is 0 Å². The standard InChI is InChI=1S/C18H22N6O3/c25-14-21-5-7-22(8-6-21)16-3-4-19-18(20-16)24-11-9-23(10-12-24)17(26)15-2-1-13-27-15/h1-4,13-14H,5-12H2. The molecule has 0 N–H and O–H groups in total. The number of furan rings is 1. The van der Waals surface area contributed by atoms with E-state index in [1.54, 1.807) is 28.1 Å². The van der Waals surface area contributed by atoms with Crippen molar-refractivity contribution in [3.8, 4) is 0 Å². The number of carbonyl (C=O) groups excluding carboxylic acids is 2. The lowest BCUT2D eigenvalue weighted by molar-refractivity contribution is -0.118. The van der Waals surface area contributed by atoms with E-state index in [1.807, 2.05) is 6.07 Å². The van der Waals surface area contributed by atoms with E-state index in [2.05, 4.69) is 14.8 Å². The molecule has 0 radical (unpaired) electrons. The summed E-state index contributed by atoms with van der Waals surface area (Å²) in [7, 11) is 0. The highest BCUT2D eigenvalue weighted by Gasteiger charge is 2.25. The van der Waals surface area contributed by atoms with Crippen molar-refractivity contribution >= 4 is 24.1 Å². The first-order chi connectivity index (χ1) is 13.2. The first-order valence-electron chi connectivity index (χ1n) is 9.09. The normalized spacial score (nSPS) is 17.9. The molecule has 0 aromatic carbocycles. The Morgan fingerprint density at radius 3 is 2.41 bits per heavy atom. The lowest BCUT2D eigenvalue weighted by Crippen LogP contribution is -2.49. The predicted octanol–water partition coefficient (Wildman–Crippen LogP) is 0.310. The highest BCUT2D eigenvalue weighted by atomic mass is 16.3. The summed E-state index contributed by atoms with van der Waals surface area (Å²) in [5.74, 6) is 1.84. The minimum absolute atomic E-state index is 0.0811. The van der Waals surface area contributed by atoms with Crippen molar-refractivity contribution in [2.45, 2.75) is 0 Å². The summed E-state index contributed by atoms with van der Waals surface area (Å²) in [6, 6.07) is 5.31. The number of aromatic nitrogens is 2. The van der Waals surface area contributed by atoms with E-state index >= 15 is 0 Å². The van der Waals surface area contributed by atoms with Crippen LogP contribution in [0.15, 0.2) is 35.1 Å². The first kappa shape index (κ1) is 17.3. The first-order valence-corrected chi connectivity index (χ1v) is 9.09. The van der Waals surface area contributed by atoms with Crippen LogP contribution < -0.4 is 9.80 Å². The molecule has 2 aliphatic rings. The molecule has 2 fully saturated rings. The average molecular weight is 370 g/mol. The van der Waals surface area contributed by atoms with Gasteiger partial charge < -0.3 is 24.0 Å². The van der Waals surface area contributed by atoms with Gasteiger partial charge in [0.25, 0.3) is 5.91 Å². The van der Waals surface area contributed by atoms with Crippen LogP contribution in [-0.2, 0) is 4.79 Å². The molecule has 27 heavy (non-hydrogen) atoms. The van der Waals surface area contributed by atoms with Gasteiger partial charge in [-0.2, -0.15) is 4.98 Å². The van der Waals surface area contributed by atoms with Gasteiger partial charge in [-0.05, 0) is 18.2 Å². The number of amides is 2. The van der Waals surface area contributed by atoms with Crippen LogP contribution in [0, 0.1) is 0 Å². The third-order valence-electron chi connectivity index (χ3n) is 5.00. The van der Waals surface area contributed by atoms with Crippen LogP contribution in [0.4, 0.5) is 11.8 Å². The summed E-state index contributed by atoms with van der Waals surface area (Å²) in [6.45, 7) is 5.49. The molecule has 0 spiro atoms. The molecule has 4 heterocycles. The van der Waals surface area contributed by atoms with Gasteiger partial charge in [-0.25, -0.2) is 4.98 Å². The van der Waals surface area contributed by atoms with Crippen molar-refractivity contribution < 1.29 is 14.0 Å². The number of hydrogen-bond acceptors (Lipinski definition) is 7. The second-order valence-corrected chi connectivity index (χ2v) is 6.60. The fourth-order valence-corrected chi connectivity index (χ4v) is 3.39. The molecule has 4 rings (SSSR count). The molecular formula is C18H22N6O3. The molecule has 0 aliphatic carbocycles. The molecule has 142 valence electrons. The maximum absolute atomic E-state index is 12.4. The number of piperazine rings is 2. The SMILES string of the molecule is O=CN1CCN(c2ccnc(N3CCN(C(=O)c4ccco4)CC3)n2)CC1. The van der Waals surface area contributed by atoms with Crippen LogP contribution in [0.5, 0.6) is 0 Å². The lowest BCUT2D eigenvalue weighted by atomic mass is 10.3. The van der Waals surface area contributed by atoms with Crippen molar-refractivity contribution in [2.24, 2.45) is 0 Å². The Labute approximate surface area is 157 Å². The zero-order valence-electron chi connectivity index (χ0n) is 15.0. The number of anilines is 2. The van der Waals surface area contributed by atoms with Gasteiger partial charge in [-0.1, -0.05) is 0 Å². The molecular weight excluding hydrogens is 348 g/mol. The predicted molar refractivity (Wildman–Crippen MR) is 98.7 cm³/mol. The molecule has 2 saturated heterocycles. The van der Waals surface area contributed by atoms with Crippen molar-refractivity contribution in [1.29, 1.82) is 0 Å². The Balaban J connectivity index is 1.37. The molecule has 2 aliphatic heterocycles. The summed E-state index contributed by atoms with van der Waals surface area (Å²) in [4.78, 5) is 40.2. The maximum atomic E-state index is 12.4. The molecule has 0 bridgehead atoms. The van der Waals surface area contributed by atoms with Crippen LogP contribution in [0.1, 0.15) is 10.6 Å². The zero-order chi connectivity index (χ0) is 18.6. The Hall–Kier alpha value is -3.10. The van der Waals surface area contributed by atoms with E-state index in [9.17, 15) is 9.59 Å². The van der Waals surface area contributed by atoms with Crippen molar-refractivity contribution in [1.82, 2.24) is 19.8 Å². The Bertz CT molecular complexity index is 780. The average Bonchev–Trinajstić information content (AvgIpc) is 3.28. The molecule has 2 aromatic rings. The lowest BCUT2D eigenvalue weighted by Gasteiger charge is -2.36.